The number of hydrogen-bond acceptors (Lipinski definition) is 3. The highest BCUT2D eigenvalue weighted by Crippen LogP contribution is 2.52. The fourth-order valence-electron chi connectivity index (χ4n) is 3.92. The lowest BCUT2D eigenvalue weighted by Gasteiger charge is -2.28. The van der Waals surface area contributed by atoms with Gasteiger partial charge in [-0.1, -0.05) is 84.0 Å². The van der Waals surface area contributed by atoms with Gasteiger partial charge in [0, 0.05) is 16.8 Å². The van der Waals surface area contributed by atoms with Gasteiger partial charge in [-0.2, -0.15) is 0 Å². The van der Waals surface area contributed by atoms with Crippen molar-refractivity contribution in [1.29, 1.82) is 0 Å². The minimum atomic E-state index is -1.18. The van der Waals surface area contributed by atoms with Crippen molar-refractivity contribution in [2.24, 2.45) is 5.16 Å². The van der Waals surface area contributed by atoms with Crippen LogP contribution in [0.3, 0.4) is 0 Å². The Bertz CT molecular complexity index is 1010. The zero-order valence-electron chi connectivity index (χ0n) is 13.9. The fourth-order valence-corrected chi connectivity index (χ4v) is 3.92. The Morgan fingerprint density at radius 2 is 1.50 bits per heavy atom. The molecule has 3 aromatic carbocycles. The number of amides is 1. The van der Waals surface area contributed by atoms with Crippen molar-refractivity contribution >= 4 is 17.3 Å². The molecule has 5 rings (SSSR count). The van der Waals surface area contributed by atoms with Gasteiger partial charge in [-0.3, -0.25) is 4.79 Å². The lowest BCUT2D eigenvalue weighted by molar-refractivity contribution is -0.139. The van der Waals surface area contributed by atoms with Crippen molar-refractivity contribution in [2.45, 2.75) is 11.5 Å². The first-order valence-corrected chi connectivity index (χ1v) is 8.58. The summed E-state index contributed by atoms with van der Waals surface area (Å²) in [7, 11) is 0. The lowest BCUT2D eigenvalue weighted by Crippen LogP contribution is -2.41. The minimum Gasteiger partial charge on any atom is -0.373 e. The van der Waals surface area contributed by atoms with Crippen LogP contribution in [0.15, 0.2) is 90.1 Å². The van der Waals surface area contributed by atoms with Gasteiger partial charge in [0.25, 0.3) is 11.5 Å². The van der Waals surface area contributed by atoms with E-state index in [1.165, 1.54) is 0 Å². The van der Waals surface area contributed by atoms with E-state index in [-0.39, 0.29) is 11.8 Å². The highest BCUT2D eigenvalue weighted by atomic mass is 16.7. The number of benzene rings is 3. The molecule has 2 heterocycles. The maximum atomic E-state index is 13.1. The summed E-state index contributed by atoms with van der Waals surface area (Å²) in [6, 6.07) is 27.5. The van der Waals surface area contributed by atoms with Gasteiger partial charge in [-0.05, 0) is 11.6 Å². The van der Waals surface area contributed by atoms with Crippen LogP contribution < -0.4 is 5.32 Å². The zero-order chi connectivity index (χ0) is 17.6. The Kier molecular flexibility index (Phi) is 3.19. The van der Waals surface area contributed by atoms with Crippen LogP contribution in [-0.2, 0) is 15.2 Å². The summed E-state index contributed by atoms with van der Waals surface area (Å²) in [6.45, 7) is 0. The van der Waals surface area contributed by atoms with E-state index in [9.17, 15) is 4.79 Å². The van der Waals surface area contributed by atoms with Gasteiger partial charge in [-0.25, -0.2) is 0 Å². The van der Waals surface area contributed by atoms with Crippen molar-refractivity contribution in [3.05, 3.63) is 102 Å². The molecule has 0 bridgehead atoms. The molecule has 0 saturated carbocycles. The van der Waals surface area contributed by atoms with E-state index < -0.39 is 5.60 Å². The SMILES string of the molecule is O=C1Nc2ccccc2[C@]12ON=C(c1ccccc1)[C@H]2c1ccccc1. The van der Waals surface area contributed by atoms with E-state index in [4.69, 9.17) is 4.84 Å². The molecule has 3 aromatic rings. The first-order chi connectivity index (χ1) is 12.8. The third-order valence-electron chi connectivity index (χ3n) is 5.08. The number of anilines is 1. The van der Waals surface area contributed by atoms with Crippen molar-refractivity contribution < 1.29 is 9.63 Å². The lowest BCUT2D eigenvalue weighted by atomic mass is 9.74. The van der Waals surface area contributed by atoms with Crippen LogP contribution in [-0.4, -0.2) is 11.6 Å². The zero-order valence-corrected chi connectivity index (χ0v) is 13.9. The molecule has 1 N–H and O–H groups in total. The molecular weight excluding hydrogens is 324 g/mol. The van der Waals surface area contributed by atoms with E-state index in [0.717, 1.165) is 28.1 Å². The first kappa shape index (κ1) is 14.9. The monoisotopic (exact) mass is 340 g/mol. The largest absolute Gasteiger partial charge is 0.373 e. The fraction of sp³-hybridized carbons (Fsp3) is 0.0909. The molecule has 0 aromatic heterocycles. The standard InChI is InChI=1S/C22H16N2O2/c25-21-22(17-13-7-8-14-18(17)23-21)19(15-9-3-1-4-10-15)20(24-26-22)16-11-5-2-6-12-16/h1-14,19H,(H,23,25)/t19-,22-/m1/s1. The average Bonchev–Trinajstić information content (AvgIpc) is 3.23. The number of fused-ring (bicyclic) bond motifs is 2. The summed E-state index contributed by atoms with van der Waals surface area (Å²) in [5.41, 5.74) is 3.15. The molecule has 2 atom stereocenters. The number of nitrogens with zero attached hydrogens (tertiary/aromatic N) is 1. The summed E-state index contributed by atoms with van der Waals surface area (Å²) < 4.78 is 0. The number of carbonyl (C=O) groups is 1. The first-order valence-electron chi connectivity index (χ1n) is 8.58. The highest BCUT2D eigenvalue weighted by molar-refractivity contribution is 6.15. The predicted molar refractivity (Wildman–Crippen MR) is 100.0 cm³/mol. The molecule has 2 aliphatic heterocycles. The normalized spacial score (nSPS) is 23.3. The number of oxime groups is 1. The average molecular weight is 340 g/mol. The van der Waals surface area contributed by atoms with Gasteiger partial charge in [0.15, 0.2) is 0 Å². The Labute approximate surface area is 151 Å². The molecule has 4 heteroatoms. The molecule has 1 spiro atoms. The highest BCUT2D eigenvalue weighted by Gasteiger charge is 2.61. The molecular formula is C22H16N2O2. The van der Waals surface area contributed by atoms with Crippen LogP contribution in [0.25, 0.3) is 0 Å². The molecule has 0 aliphatic carbocycles. The number of para-hydroxylation sites is 1. The quantitative estimate of drug-likeness (QED) is 0.765. The van der Waals surface area contributed by atoms with Crippen molar-refractivity contribution in [1.82, 2.24) is 0 Å². The van der Waals surface area contributed by atoms with Gasteiger partial charge < -0.3 is 10.2 Å². The molecule has 126 valence electrons. The summed E-state index contributed by atoms with van der Waals surface area (Å²) >= 11 is 0. The minimum absolute atomic E-state index is 0.178. The summed E-state index contributed by atoms with van der Waals surface area (Å²) in [5, 5.41) is 7.37. The number of rotatable bonds is 2. The van der Waals surface area contributed by atoms with Crippen LogP contribution >= 0.6 is 0 Å². The van der Waals surface area contributed by atoms with E-state index in [1.807, 2.05) is 84.9 Å². The van der Waals surface area contributed by atoms with Crippen LogP contribution in [0.1, 0.15) is 22.6 Å². The Hall–Kier alpha value is -3.40. The molecule has 4 nitrogen and oxygen atoms in total. The molecule has 2 aliphatic rings. The second-order valence-electron chi connectivity index (χ2n) is 6.51. The summed E-state index contributed by atoms with van der Waals surface area (Å²) in [4.78, 5) is 19.1. The third kappa shape index (κ3) is 1.96. The van der Waals surface area contributed by atoms with Gasteiger partial charge >= 0.3 is 0 Å². The van der Waals surface area contributed by atoms with E-state index in [1.54, 1.807) is 0 Å². The summed E-state index contributed by atoms with van der Waals surface area (Å²) in [6.07, 6.45) is 0. The number of carbonyl (C=O) groups excluding carboxylic acids is 1. The smallest absolute Gasteiger partial charge is 0.277 e. The van der Waals surface area contributed by atoms with E-state index in [2.05, 4.69) is 10.5 Å². The van der Waals surface area contributed by atoms with Gasteiger partial charge in [-0.15, -0.1) is 0 Å². The molecule has 0 fully saturated rings. The second-order valence-corrected chi connectivity index (χ2v) is 6.51. The van der Waals surface area contributed by atoms with Crippen molar-refractivity contribution in [3.8, 4) is 0 Å². The molecule has 1 amide bonds. The molecule has 26 heavy (non-hydrogen) atoms. The third-order valence-corrected chi connectivity index (χ3v) is 5.08. The number of nitrogens with one attached hydrogen (secondary N) is 1. The van der Waals surface area contributed by atoms with Gasteiger partial charge in [0.2, 0.25) is 0 Å². The predicted octanol–water partition coefficient (Wildman–Crippen LogP) is 4.05. The second kappa shape index (κ2) is 5.56. The van der Waals surface area contributed by atoms with Crippen LogP contribution in [0.4, 0.5) is 5.69 Å². The Morgan fingerprint density at radius 1 is 0.846 bits per heavy atom. The van der Waals surface area contributed by atoms with Gasteiger partial charge in [0.05, 0.1) is 11.6 Å². The number of hydrogen-bond donors (Lipinski definition) is 1. The van der Waals surface area contributed by atoms with Crippen LogP contribution in [0.2, 0.25) is 0 Å². The Balaban J connectivity index is 1.74. The molecule has 0 unspecified atom stereocenters. The maximum Gasteiger partial charge on any atom is 0.277 e. The molecule has 0 saturated heterocycles. The van der Waals surface area contributed by atoms with E-state index >= 15 is 0 Å². The Morgan fingerprint density at radius 3 is 2.27 bits per heavy atom. The maximum absolute atomic E-state index is 13.1. The van der Waals surface area contributed by atoms with E-state index in [0.29, 0.717) is 0 Å². The van der Waals surface area contributed by atoms with Crippen molar-refractivity contribution in [3.63, 3.8) is 0 Å². The van der Waals surface area contributed by atoms with Crippen LogP contribution in [0, 0.1) is 0 Å². The summed E-state index contributed by atoms with van der Waals surface area (Å²) in [5.74, 6) is -0.503. The molecule has 0 radical (unpaired) electrons. The van der Waals surface area contributed by atoms with Crippen molar-refractivity contribution in [2.75, 3.05) is 5.32 Å². The van der Waals surface area contributed by atoms with Gasteiger partial charge in [0.1, 0.15) is 0 Å². The topological polar surface area (TPSA) is 50.7 Å². The van der Waals surface area contributed by atoms with Crippen LogP contribution in [0.5, 0.6) is 0 Å².